The van der Waals surface area contributed by atoms with Crippen LogP contribution in [-0.2, 0) is 0 Å². The molecule has 0 bridgehead atoms. The predicted molar refractivity (Wildman–Crippen MR) is 75.1 cm³/mol. The molecule has 0 aliphatic heterocycles. The van der Waals surface area contributed by atoms with E-state index in [1.54, 1.807) is 18.2 Å². The van der Waals surface area contributed by atoms with Crippen molar-refractivity contribution in [3.05, 3.63) is 29.8 Å². The van der Waals surface area contributed by atoms with Crippen LogP contribution in [0.1, 0.15) is 25.3 Å². The first kappa shape index (κ1) is 15.5. The van der Waals surface area contributed by atoms with E-state index in [2.05, 4.69) is 17.9 Å². The smallest absolute Gasteiger partial charge is 0.137 e. The second-order valence-electron chi connectivity index (χ2n) is 4.69. The summed E-state index contributed by atoms with van der Waals surface area (Å²) >= 11 is 0. The molecule has 0 amide bonds. The Bertz CT molecular complexity index is 415. The number of nitriles is 1. The minimum Gasteiger partial charge on any atom is -0.489 e. The molecule has 0 radical (unpaired) electrons. The van der Waals surface area contributed by atoms with Gasteiger partial charge in [0.05, 0.1) is 5.56 Å². The van der Waals surface area contributed by atoms with Gasteiger partial charge in [0, 0.05) is 6.54 Å². The molecule has 0 saturated heterocycles. The highest BCUT2D eigenvalue weighted by atomic mass is 16.5. The first-order valence-electron chi connectivity index (χ1n) is 6.66. The second-order valence-corrected chi connectivity index (χ2v) is 4.69. The molecule has 1 rings (SSSR count). The van der Waals surface area contributed by atoms with Crippen molar-refractivity contribution in [3.8, 4) is 11.8 Å². The lowest BCUT2D eigenvalue weighted by atomic mass is 10.2. The average Bonchev–Trinajstić information content (AvgIpc) is 2.43. The van der Waals surface area contributed by atoms with E-state index in [0.29, 0.717) is 17.9 Å². The van der Waals surface area contributed by atoms with E-state index in [-0.39, 0.29) is 6.61 Å². The number of unbranched alkanes of at least 4 members (excludes halogenated alkanes) is 1. The van der Waals surface area contributed by atoms with Crippen LogP contribution in [0.4, 0.5) is 0 Å². The fraction of sp³-hybridized carbons (Fsp3) is 0.533. The standard InChI is InChI=1S/C15H22N2O2/c1-3-4-9-17(2)11-14(18)12-19-15-8-6-5-7-13(15)10-16/h5-8,14,18H,3-4,9,11-12H2,1-2H3. The number of rotatable bonds is 8. The van der Waals surface area contributed by atoms with E-state index in [0.717, 1.165) is 19.4 Å². The summed E-state index contributed by atoms with van der Waals surface area (Å²) in [4.78, 5) is 2.09. The van der Waals surface area contributed by atoms with Crippen LogP contribution in [0.2, 0.25) is 0 Å². The molecule has 0 aliphatic rings. The summed E-state index contributed by atoms with van der Waals surface area (Å²) in [5, 5.41) is 18.8. The summed E-state index contributed by atoms with van der Waals surface area (Å²) in [6, 6.07) is 9.12. The Morgan fingerprint density at radius 3 is 2.84 bits per heavy atom. The van der Waals surface area contributed by atoms with Crippen LogP contribution in [-0.4, -0.2) is 42.9 Å². The molecule has 0 aliphatic carbocycles. The molecule has 0 fully saturated rings. The molecule has 19 heavy (non-hydrogen) atoms. The minimum absolute atomic E-state index is 0.204. The van der Waals surface area contributed by atoms with E-state index in [9.17, 15) is 5.11 Å². The zero-order chi connectivity index (χ0) is 14.1. The zero-order valence-electron chi connectivity index (χ0n) is 11.7. The maximum Gasteiger partial charge on any atom is 0.137 e. The summed E-state index contributed by atoms with van der Waals surface area (Å²) in [5.41, 5.74) is 0.494. The molecule has 1 aromatic carbocycles. The lowest BCUT2D eigenvalue weighted by Gasteiger charge is -2.20. The monoisotopic (exact) mass is 262 g/mol. The number of likely N-dealkylation sites (N-methyl/N-ethyl adjacent to an activating group) is 1. The molecular weight excluding hydrogens is 240 g/mol. The van der Waals surface area contributed by atoms with Gasteiger partial charge in [0.2, 0.25) is 0 Å². The van der Waals surface area contributed by atoms with E-state index in [1.165, 1.54) is 0 Å². The molecule has 0 aromatic heterocycles. The SMILES string of the molecule is CCCCN(C)CC(O)COc1ccccc1C#N. The van der Waals surface area contributed by atoms with Crippen LogP contribution < -0.4 is 4.74 Å². The van der Waals surface area contributed by atoms with Crippen LogP contribution in [0.3, 0.4) is 0 Å². The quantitative estimate of drug-likeness (QED) is 0.779. The van der Waals surface area contributed by atoms with Gasteiger partial charge in [-0.2, -0.15) is 5.26 Å². The fourth-order valence-electron chi connectivity index (χ4n) is 1.80. The first-order valence-corrected chi connectivity index (χ1v) is 6.66. The lowest BCUT2D eigenvalue weighted by molar-refractivity contribution is 0.0759. The van der Waals surface area contributed by atoms with Crippen LogP contribution in [0, 0.1) is 11.3 Å². The summed E-state index contributed by atoms with van der Waals surface area (Å²) < 4.78 is 5.50. The number of hydrogen-bond acceptors (Lipinski definition) is 4. The van der Waals surface area contributed by atoms with Gasteiger partial charge >= 0.3 is 0 Å². The van der Waals surface area contributed by atoms with Gasteiger partial charge in [-0.1, -0.05) is 25.5 Å². The predicted octanol–water partition coefficient (Wildman–Crippen LogP) is 2.03. The minimum atomic E-state index is -0.548. The zero-order valence-corrected chi connectivity index (χ0v) is 11.7. The maximum atomic E-state index is 9.89. The molecule has 0 spiro atoms. The Hall–Kier alpha value is -1.57. The molecule has 1 atom stereocenters. The van der Waals surface area contributed by atoms with Crippen molar-refractivity contribution in [1.82, 2.24) is 4.90 Å². The molecule has 0 saturated carbocycles. The lowest BCUT2D eigenvalue weighted by Crippen LogP contribution is -2.33. The number of benzene rings is 1. The number of hydrogen-bond donors (Lipinski definition) is 1. The highest BCUT2D eigenvalue weighted by molar-refractivity contribution is 5.42. The van der Waals surface area contributed by atoms with Gasteiger partial charge in [0.15, 0.2) is 0 Å². The van der Waals surface area contributed by atoms with Gasteiger partial charge < -0.3 is 14.7 Å². The van der Waals surface area contributed by atoms with E-state index in [4.69, 9.17) is 10.00 Å². The molecule has 1 unspecified atom stereocenters. The van der Waals surface area contributed by atoms with Gasteiger partial charge in [-0.3, -0.25) is 0 Å². The molecule has 4 nitrogen and oxygen atoms in total. The first-order chi connectivity index (χ1) is 9.17. The van der Waals surface area contributed by atoms with Crippen molar-refractivity contribution in [2.24, 2.45) is 0 Å². The third kappa shape index (κ3) is 5.73. The number of para-hydroxylation sites is 1. The number of aliphatic hydroxyl groups excluding tert-OH is 1. The van der Waals surface area contributed by atoms with Gasteiger partial charge in [0.25, 0.3) is 0 Å². The number of aliphatic hydroxyl groups is 1. The third-order valence-electron chi connectivity index (χ3n) is 2.85. The Morgan fingerprint density at radius 1 is 1.42 bits per heavy atom. The van der Waals surface area contributed by atoms with Gasteiger partial charge in [-0.25, -0.2) is 0 Å². The maximum absolute atomic E-state index is 9.89. The van der Waals surface area contributed by atoms with Crippen molar-refractivity contribution in [1.29, 1.82) is 5.26 Å². The molecular formula is C15H22N2O2. The summed E-state index contributed by atoms with van der Waals surface area (Å²) in [7, 11) is 1.99. The van der Waals surface area contributed by atoms with Crippen molar-refractivity contribution in [3.63, 3.8) is 0 Å². The number of nitrogens with zero attached hydrogens (tertiary/aromatic N) is 2. The van der Waals surface area contributed by atoms with Gasteiger partial charge in [-0.15, -0.1) is 0 Å². The van der Waals surface area contributed by atoms with Crippen molar-refractivity contribution in [2.75, 3.05) is 26.7 Å². The Morgan fingerprint density at radius 2 is 2.16 bits per heavy atom. The molecule has 0 heterocycles. The summed E-state index contributed by atoms with van der Waals surface area (Å²) in [5.74, 6) is 0.528. The van der Waals surface area contributed by atoms with E-state index in [1.807, 2.05) is 13.1 Å². The van der Waals surface area contributed by atoms with E-state index < -0.39 is 6.10 Å². The van der Waals surface area contributed by atoms with Crippen molar-refractivity contribution in [2.45, 2.75) is 25.9 Å². The van der Waals surface area contributed by atoms with Crippen LogP contribution in [0.25, 0.3) is 0 Å². The third-order valence-corrected chi connectivity index (χ3v) is 2.85. The normalized spacial score (nSPS) is 12.2. The molecule has 4 heteroatoms. The van der Waals surface area contributed by atoms with Gasteiger partial charge in [-0.05, 0) is 32.1 Å². The molecule has 1 aromatic rings. The van der Waals surface area contributed by atoms with Crippen LogP contribution in [0.5, 0.6) is 5.75 Å². The summed E-state index contributed by atoms with van der Waals surface area (Å²) in [6.07, 6.45) is 1.72. The highest BCUT2D eigenvalue weighted by Crippen LogP contribution is 2.16. The largest absolute Gasteiger partial charge is 0.489 e. The second kappa shape index (κ2) is 8.52. The van der Waals surface area contributed by atoms with Crippen LogP contribution >= 0.6 is 0 Å². The Labute approximate surface area is 115 Å². The van der Waals surface area contributed by atoms with Gasteiger partial charge in [0.1, 0.15) is 24.5 Å². The molecule has 1 N–H and O–H groups in total. The topological polar surface area (TPSA) is 56.5 Å². The van der Waals surface area contributed by atoms with E-state index >= 15 is 0 Å². The van der Waals surface area contributed by atoms with Crippen molar-refractivity contribution >= 4 is 0 Å². The average molecular weight is 262 g/mol. The Balaban J connectivity index is 2.37. The Kier molecular flexibility index (Phi) is 6.94. The number of ether oxygens (including phenoxy) is 1. The summed E-state index contributed by atoms with van der Waals surface area (Å²) in [6.45, 7) is 3.90. The van der Waals surface area contributed by atoms with Crippen LogP contribution in [0.15, 0.2) is 24.3 Å². The fourth-order valence-corrected chi connectivity index (χ4v) is 1.80. The molecule has 104 valence electrons. The van der Waals surface area contributed by atoms with Crippen molar-refractivity contribution < 1.29 is 9.84 Å². The highest BCUT2D eigenvalue weighted by Gasteiger charge is 2.10.